The third kappa shape index (κ3) is 3.85. The molecule has 0 bridgehead atoms. The number of fused-ring (bicyclic) bond motifs is 1. The lowest BCUT2D eigenvalue weighted by Crippen LogP contribution is -2.50. The third-order valence-electron chi connectivity index (χ3n) is 4.94. The van der Waals surface area contributed by atoms with E-state index in [0.717, 1.165) is 15.6 Å². The van der Waals surface area contributed by atoms with E-state index in [9.17, 15) is 9.59 Å². The highest BCUT2D eigenvalue weighted by atomic mass is 79.9. The van der Waals surface area contributed by atoms with Crippen LogP contribution in [0.5, 0.6) is 0 Å². The summed E-state index contributed by atoms with van der Waals surface area (Å²) in [5, 5.41) is 2.95. The van der Waals surface area contributed by atoms with Crippen molar-refractivity contribution < 1.29 is 9.59 Å². The molecule has 0 aliphatic carbocycles. The van der Waals surface area contributed by atoms with Gasteiger partial charge < -0.3 is 10.2 Å². The first kappa shape index (κ1) is 18.4. The Morgan fingerprint density at radius 3 is 2.21 bits per heavy atom. The number of benzene rings is 3. The van der Waals surface area contributed by atoms with Crippen LogP contribution in [0.25, 0.3) is 0 Å². The molecule has 5 heteroatoms. The molecule has 0 fully saturated rings. The Bertz CT molecular complexity index is 1000. The van der Waals surface area contributed by atoms with Crippen LogP contribution in [0.1, 0.15) is 21.5 Å². The van der Waals surface area contributed by atoms with E-state index in [1.807, 2.05) is 66.7 Å². The number of hydrogen-bond acceptors (Lipinski definition) is 2. The number of nitrogens with one attached hydrogen (secondary N) is 1. The molecule has 1 heterocycles. The first-order chi connectivity index (χ1) is 13.6. The zero-order chi connectivity index (χ0) is 19.5. The summed E-state index contributed by atoms with van der Waals surface area (Å²) in [5.41, 5.74) is 3.48. The van der Waals surface area contributed by atoms with Gasteiger partial charge in [-0.05, 0) is 47.5 Å². The van der Waals surface area contributed by atoms with Crippen LogP contribution >= 0.6 is 15.9 Å². The molecule has 0 aromatic heterocycles. The number of anilines is 1. The molecule has 140 valence electrons. The van der Waals surface area contributed by atoms with Crippen molar-refractivity contribution in [3.8, 4) is 0 Å². The maximum Gasteiger partial charge on any atom is 0.254 e. The van der Waals surface area contributed by atoms with Gasteiger partial charge in [0, 0.05) is 28.7 Å². The Morgan fingerprint density at radius 1 is 0.857 bits per heavy atom. The van der Waals surface area contributed by atoms with Crippen LogP contribution in [-0.4, -0.2) is 22.8 Å². The van der Waals surface area contributed by atoms with Gasteiger partial charge in [0.15, 0.2) is 0 Å². The third-order valence-corrected chi connectivity index (χ3v) is 5.47. The van der Waals surface area contributed by atoms with E-state index in [2.05, 4.69) is 21.2 Å². The Labute approximate surface area is 172 Å². The van der Waals surface area contributed by atoms with Crippen LogP contribution in [0.15, 0.2) is 83.3 Å². The minimum absolute atomic E-state index is 0.133. The molecule has 1 unspecified atom stereocenters. The van der Waals surface area contributed by atoms with E-state index >= 15 is 0 Å². The molecule has 0 radical (unpaired) electrons. The second kappa shape index (κ2) is 7.98. The molecular weight excluding hydrogens is 416 g/mol. The van der Waals surface area contributed by atoms with E-state index in [1.165, 1.54) is 0 Å². The average Bonchev–Trinajstić information content (AvgIpc) is 2.74. The van der Waals surface area contributed by atoms with Crippen LogP contribution in [0.3, 0.4) is 0 Å². The fourth-order valence-corrected chi connectivity index (χ4v) is 3.74. The van der Waals surface area contributed by atoms with E-state index in [1.54, 1.807) is 17.0 Å². The van der Waals surface area contributed by atoms with Crippen LogP contribution < -0.4 is 5.32 Å². The topological polar surface area (TPSA) is 49.4 Å². The Morgan fingerprint density at radius 2 is 1.50 bits per heavy atom. The van der Waals surface area contributed by atoms with Crippen molar-refractivity contribution in [1.82, 2.24) is 4.90 Å². The molecule has 28 heavy (non-hydrogen) atoms. The quantitative estimate of drug-likeness (QED) is 0.651. The molecule has 1 N–H and O–H groups in total. The number of carbonyl (C=O) groups is 2. The molecule has 1 aliphatic heterocycles. The van der Waals surface area contributed by atoms with Gasteiger partial charge in [-0.15, -0.1) is 0 Å². The molecule has 3 aromatic rings. The summed E-state index contributed by atoms with van der Waals surface area (Å²) in [4.78, 5) is 27.9. The van der Waals surface area contributed by atoms with Crippen molar-refractivity contribution in [3.05, 3.63) is 100 Å². The average molecular weight is 435 g/mol. The van der Waals surface area contributed by atoms with Crippen LogP contribution in [0.4, 0.5) is 5.69 Å². The number of hydrogen-bond donors (Lipinski definition) is 1. The minimum atomic E-state index is -0.564. The molecular formula is C23H19BrN2O2. The monoisotopic (exact) mass is 434 g/mol. The molecule has 0 saturated heterocycles. The van der Waals surface area contributed by atoms with Gasteiger partial charge in [0.25, 0.3) is 5.91 Å². The van der Waals surface area contributed by atoms with Crippen LogP contribution in [0.2, 0.25) is 0 Å². The summed E-state index contributed by atoms with van der Waals surface area (Å²) < 4.78 is 0.943. The van der Waals surface area contributed by atoms with Crippen molar-refractivity contribution in [2.24, 2.45) is 0 Å². The summed E-state index contributed by atoms with van der Waals surface area (Å²) in [6.07, 6.45) is 0.497. The second-order valence-corrected chi connectivity index (χ2v) is 7.70. The van der Waals surface area contributed by atoms with Gasteiger partial charge >= 0.3 is 0 Å². The summed E-state index contributed by atoms with van der Waals surface area (Å²) in [5.74, 6) is -0.313. The van der Waals surface area contributed by atoms with Gasteiger partial charge in [-0.2, -0.15) is 0 Å². The summed E-state index contributed by atoms with van der Waals surface area (Å²) in [6.45, 7) is 0.419. The van der Waals surface area contributed by atoms with Crippen molar-refractivity contribution in [2.45, 2.75) is 19.0 Å². The normalized spacial score (nSPS) is 15.6. The predicted molar refractivity (Wildman–Crippen MR) is 113 cm³/mol. The van der Waals surface area contributed by atoms with Crippen molar-refractivity contribution in [1.29, 1.82) is 0 Å². The Kier molecular flexibility index (Phi) is 5.26. The number of amides is 2. The molecule has 4 nitrogen and oxygen atoms in total. The summed E-state index contributed by atoms with van der Waals surface area (Å²) in [7, 11) is 0. The second-order valence-electron chi connectivity index (χ2n) is 6.78. The van der Waals surface area contributed by atoms with Gasteiger partial charge in [-0.25, -0.2) is 0 Å². The van der Waals surface area contributed by atoms with Crippen LogP contribution in [-0.2, 0) is 17.8 Å². The largest absolute Gasteiger partial charge is 0.324 e. The molecule has 1 atom stereocenters. The smallest absolute Gasteiger partial charge is 0.254 e. The highest BCUT2D eigenvalue weighted by Gasteiger charge is 2.35. The van der Waals surface area contributed by atoms with E-state index in [4.69, 9.17) is 0 Å². The maximum atomic E-state index is 13.2. The van der Waals surface area contributed by atoms with Gasteiger partial charge in [0.05, 0.1) is 0 Å². The summed E-state index contributed by atoms with van der Waals surface area (Å²) >= 11 is 3.40. The van der Waals surface area contributed by atoms with Gasteiger partial charge in [0.2, 0.25) is 5.91 Å². The zero-order valence-electron chi connectivity index (χ0n) is 15.1. The van der Waals surface area contributed by atoms with E-state index < -0.39 is 6.04 Å². The SMILES string of the molecule is O=C(Nc1ccc(Br)cc1)C1Cc2ccccc2CN1C(=O)c1ccccc1. The van der Waals surface area contributed by atoms with Crippen molar-refractivity contribution in [2.75, 3.05) is 5.32 Å². The fourth-order valence-electron chi connectivity index (χ4n) is 3.48. The van der Waals surface area contributed by atoms with Gasteiger partial charge in [-0.3, -0.25) is 9.59 Å². The molecule has 1 aliphatic rings. The first-order valence-electron chi connectivity index (χ1n) is 9.11. The zero-order valence-corrected chi connectivity index (χ0v) is 16.7. The first-order valence-corrected chi connectivity index (χ1v) is 9.90. The Hall–Kier alpha value is -2.92. The highest BCUT2D eigenvalue weighted by Crippen LogP contribution is 2.26. The van der Waals surface area contributed by atoms with Crippen LogP contribution in [0, 0.1) is 0 Å². The molecule has 0 spiro atoms. The number of halogens is 1. The lowest BCUT2D eigenvalue weighted by atomic mass is 9.92. The number of carbonyl (C=O) groups excluding carboxylic acids is 2. The predicted octanol–water partition coefficient (Wildman–Crippen LogP) is 4.65. The number of rotatable bonds is 3. The van der Waals surface area contributed by atoms with Gasteiger partial charge in [-0.1, -0.05) is 58.4 Å². The highest BCUT2D eigenvalue weighted by molar-refractivity contribution is 9.10. The van der Waals surface area contributed by atoms with E-state index in [-0.39, 0.29) is 11.8 Å². The Balaban J connectivity index is 1.64. The molecule has 0 saturated carbocycles. The fraction of sp³-hybridized carbons (Fsp3) is 0.130. The van der Waals surface area contributed by atoms with Gasteiger partial charge in [0.1, 0.15) is 6.04 Å². The molecule has 2 amide bonds. The standard InChI is InChI=1S/C23H19BrN2O2/c24-19-10-12-20(13-11-19)25-22(27)21-14-17-8-4-5-9-18(17)15-26(21)23(28)16-6-2-1-3-7-16/h1-13,21H,14-15H2,(H,25,27). The molecule has 3 aromatic carbocycles. The lowest BCUT2D eigenvalue weighted by Gasteiger charge is -2.36. The minimum Gasteiger partial charge on any atom is -0.324 e. The summed E-state index contributed by atoms with van der Waals surface area (Å²) in [6, 6.07) is 23.9. The number of nitrogens with zero attached hydrogens (tertiary/aromatic N) is 1. The van der Waals surface area contributed by atoms with Crippen molar-refractivity contribution in [3.63, 3.8) is 0 Å². The van der Waals surface area contributed by atoms with Crippen molar-refractivity contribution >= 4 is 33.4 Å². The molecule has 4 rings (SSSR count). The van der Waals surface area contributed by atoms with E-state index in [0.29, 0.717) is 24.2 Å². The maximum absolute atomic E-state index is 13.2. The lowest BCUT2D eigenvalue weighted by molar-refractivity contribution is -0.121.